The topological polar surface area (TPSA) is 37.5 Å². The lowest BCUT2D eigenvalue weighted by atomic mass is 10.0. The SMILES string of the molecule is Cl.c1ccc(C(NC2=NCCCCC2)c2ccco2)cc1. The van der Waals surface area contributed by atoms with E-state index >= 15 is 0 Å². The molecule has 21 heavy (non-hydrogen) atoms. The van der Waals surface area contributed by atoms with Crippen LogP contribution >= 0.6 is 12.4 Å². The van der Waals surface area contributed by atoms with E-state index in [1.54, 1.807) is 6.26 Å². The molecular formula is C17H21ClN2O. The van der Waals surface area contributed by atoms with Crippen LogP contribution in [0.1, 0.15) is 43.0 Å². The number of nitrogens with zero attached hydrogens (tertiary/aromatic N) is 1. The average Bonchev–Trinajstić information content (AvgIpc) is 2.90. The van der Waals surface area contributed by atoms with Gasteiger partial charge in [-0.1, -0.05) is 36.8 Å². The maximum atomic E-state index is 5.61. The second-order valence-corrected chi connectivity index (χ2v) is 5.14. The van der Waals surface area contributed by atoms with Gasteiger partial charge in [0.25, 0.3) is 0 Å². The number of halogens is 1. The lowest BCUT2D eigenvalue weighted by Crippen LogP contribution is -2.29. The molecule has 0 fully saturated rings. The molecule has 1 aliphatic rings. The Morgan fingerprint density at radius 3 is 2.62 bits per heavy atom. The predicted octanol–water partition coefficient (Wildman–Crippen LogP) is 4.35. The molecule has 1 N–H and O–H groups in total. The van der Waals surface area contributed by atoms with Crippen LogP contribution in [0.25, 0.3) is 0 Å². The molecule has 2 heterocycles. The summed E-state index contributed by atoms with van der Waals surface area (Å²) in [6, 6.07) is 14.4. The first-order chi connectivity index (χ1) is 9.93. The van der Waals surface area contributed by atoms with Crippen molar-refractivity contribution in [2.24, 2.45) is 4.99 Å². The largest absolute Gasteiger partial charge is 0.467 e. The van der Waals surface area contributed by atoms with Gasteiger partial charge in [0.2, 0.25) is 0 Å². The molecule has 3 nitrogen and oxygen atoms in total. The summed E-state index contributed by atoms with van der Waals surface area (Å²) in [5.41, 5.74) is 1.20. The number of benzene rings is 1. The summed E-state index contributed by atoms with van der Waals surface area (Å²) in [6.45, 7) is 0.933. The monoisotopic (exact) mass is 304 g/mol. The summed E-state index contributed by atoms with van der Waals surface area (Å²) in [4.78, 5) is 4.66. The van der Waals surface area contributed by atoms with E-state index < -0.39 is 0 Å². The van der Waals surface area contributed by atoms with Gasteiger partial charge < -0.3 is 9.73 Å². The molecule has 0 saturated carbocycles. The zero-order valence-electron chi connectivity index (χ0n) is 12.0. The van der Waals surface area contributed by atoms with Gasteiger partial charge >= 0.3 is 0 Å². The molecule has 0 spiro atoms. The van der Waals surface area contributed by atoms with Crippen molar-refractivity contribution in [1.29, 1.82) is 0 Å². The number of hydrogen-bond donors (Lipinski definition) is 1. The van der Waals surface area contributed by atoms with Gasteiger partial charge in [-0.3, -0.25) is 4.99 Å². The van der Waals surface area contributed by atoms with Crippen LogP contribution < -0.4 is 5.32 Å². The lowest BCUT2D eigenvalue weighted by molar-refractivity contribution is 0.474. The smallest absolute Gasteiger partial charge is 0.130 e. The number of hydrogen-bond acceptors (Lipinski definition) is 3. The molecule has 0 bridgehead atoms. The highest BCUT2D eigenvalue weighted by Crippen LogP contribution is 2.23. The third kappa shape index (κ3) is 4.11. The Morgan fingerprint density at radius 1 is 1.00 bits per heavy atom. The lowest BCUT2D eigenvalue weighted by Gasteiger charge is -2.19. The highest BCUT2D eigenvalue weighted by molar-refractivity contribution is 5.85. The molecule has 0 amide bonds. The average molecular weight is 305 g/mol. The Labute approximate surface area is 131 Å². The van der Waals surface area contributed by atoms with Crippen molar-refractivity contribution in [3.8, 4) is 0 Å². The van der Waals surface area contributed by atoms with Crippen molar-refractivity contribution < 1.29 is 4.42 Å². The Morgan fingerprint density at radius 2 is 1.86 bits per heavy atom. The van der Waals surface area contributed by atoms with E-state index in [-0.39, 0.29) is 18.4 Å². The molecular weight excluding hydrogens is 284 g/mol. The number of furan rings is 1. The maximum absolute atomic E-state index is 5.61. The molecule has 1 aromatic carbocycles. The number of aliphatic imine (C=N–C) groups is 1. The highest BCUT2D eigenvalue weighted by atomic mass is 35.5. The van der Waals surface area contributed by atoms with Crippen molar-refractivity contribution >= 4 is 18.2 Å². The van der Waals surface area contributed by atoms with E-state index in [1.165, 1.54) is 24.8 Å². The molecule has 4 heteroatoms. The minimum absolute atomic E-state index is 0. The zero-order valence-corrected chi connectivity index (χ0v) is 12.8. The first-order valence-electron chi connectivity index (χ1n) is 7.32. The van der Waals surface area contributed by atoms with E-state index in [9.17, 15) is 0 Å². The van der Waals surface area contributed by atoms with E-state index in [0.29, 0.717) is 0 Å². The molecule has 1 aliphatic heterocycles. The normalized spacial score (nSPS) is 16.3. The third-order valence-electron chi connectivity index (χ3n) is 3.65. The molecule has 112 valence electrons. The minimum Gasteiger partial charge on any atom is -0.467 e. The first-order valence-corrected chi connectivity index (χ1v) is 7.32. The van der Waals surface area contributed by atoms with Crippen molar-refractivity contribution in [3.05, 3.63) is 60.1 Å². The molecule has 0 saturated heterocycles. The van der Waals surface area contributed by atoms with Gasteiger partial charge in [-0.2, -0.15) is 0 Å². The molecule has 1 aromatic heterocycles. The van der Waals surface area contributed by atoms with Gasteiger partial charge in [0.1, 0.15) is 11.8 Å². The maximum Gasteiger partial charge on any atom is 0.130 e. The van der Waals surface area contributed by atoms with Crippen LogP contribution in [0.3, 0.4) is 0 Å². The van der Waals surface area contributed by atoms with Crippen LogP contribution in [-0.2, 0) is 0 Å². The van der Waals surface area contributed by atoms with Gasteiger partial charge in [0, 0.05) is 13.0 Å². The third-order valence-corrected chi connectivity index (χ3v) is 3.65. The number of nitrogens with one attached hydrogen (secondary N) is 1. The fraction of sp³-hybridized carbons (Fsp3) is 0.353. The van der Waals surface area contributed by atoms with E-state index in [1.807, 2.05) is 18.2 Å². The summed E-state index contributed by atoms with van der Waals surface area (Å²) >= 11 is 0. The Hall–Kier alpha value is -1.74. The van der Waals surface area contributed by atoms with Crippen molar-refractivity contribution in [2.45, 2.75) is 31.7 Å². The summed E-state index contributed by atoms with van der Waals surface area (Å²) in [5.74, 6) is 2.04. The predicted molar refractivity (Wildman–Crippen MR) is 88.1 cm³/mol. The molecule has 1 unspecified atom stereocenters. The van der Waals surface area contributed by atoms with Crippen LogP contribution in [0.5, 0.6) is 0 Å². The quantitative estimate of drug-likeness (QED) is 0.915. The van der Waals surface area contributed by atoms with Crippen molar-refractivity contribution in [3.63, 3.8) is 0 Å². The van der Waals surface area contributed by atoms with Crippen LogP contribution in [0, 0.1) is 0 Å². The second kappa shape index (κ2) is 7.89. The minimum atomic E-state index is 0. The number of amidine groups is 1. The Bertz CT molecular complexity index is 551. The summed E-state index contributed by atoms with van der Waals surface area (Å²) in [5, 5.41) is 3.57. The second-order valence-electron chi connectivity index (χ2n) is 5.14. The van der Waals surface area contributed by atoms with Crippen molar-refractivity contribution in [1.82, 2.24) is 5.32 Å². The van der Waals surface area contributed by atoms with Crippen LogP contribution in [-0.4, -0.2) is 12.4 Å². The molecule has 1 atom stereocenters. The molecule has 2 aromatic rings. The van der Waals surface area contributed by atoms with Gasteiger partial charge in [0.05, 0.1) is 12.1 Å². The van der Waals surface area contributed by atoms with Crippen LogP contribution in [0.2, 0.25) is 0 Å². The van der Waals surface area contributed by atoms with Gasteiger partial charge in [-0.15, -0.1) is 12.4 Å². The zero-order chi connectivity index (χ0) is 13.6. The molecule has 3 rings (SSSR count). The van der Waals surface area contributed by atoms with E-state index in [2.05, 4.69) is 34.6 Å². The van der Waals surface area contributed by atoms with Gasteiger partial charge in [-0.25, -0.2) is 0 Å². The Balaban J connectivity index is 0.00000161. The van der Waals surface area contributed by atoms with Gasteiger partial charge in [0.15, 0.2) is 0 Å². The fourth-order valence-corrected chi connectivity index (χ4v) is 2.58. The standard InChI is InChI=1S/C17H20N2O.ClH/c1-3-8-14(9-4-1)17(15-10-7-13-20-15)19-16-11-5-2-6-12-18-16;/h1,3-4,7-10,13,17H,2,5-6,11-12H2,(H,18,19);1H. The van der Waals surface area contributed by atoms with Crippen molar-refractivity contribution in [2.75, 3.05) is 6.54 Å². The summed E-state index contributed by atoms with van der Waals surface area (Å²) in [6.07, 6.45) is 6.44. The summed E-state index contributed by atoms with van der Waals surface area (Å²) in [7, 11) is 0. The Kier molecular flexibility index (Phi) is 5.88. The van der Waals surface area contributed by atoms with E-state index in [0.717, 1.165) is 24.6 Å². The summed E-state index contributed by atoms with van der Waals surface area (Å²) < 4.78 is 5.61. The first kappa shape index (κ1) is 15.6. The van der Waals surface area contributed by atoms with Crippen LogP contribution in [0.4, 0.5) is 0 Å². The van der Waals surface area contributed by atoms with E-state index in [4.69, 9.17) is 4.42 Å². The molecule has 0 radical (unpaired) electrons. The van der Waals surface area contributed by atoms with Gasteiger partial charge in [-0.05, 0) is 30.5 Å². The molecule has 0 aliphatic carbocycles. The highest BCUT2D eigenvalue weighted by Gasteiger charge is 2.18. The number of rotatable bonds is 3. The van der Waals surface area contributed by atoms with Crippen LogP contribution in [0.15, 0.2) is 58.1 Å². The fourth-order valence-electron chi connectivity index (χ4n) is 2.58.